The van der Waals surface area contributed by atoms with Gasteiger partial charge in [-0.25, -0.2) is 9.48 Å². The molecule has 1 amide bonds. The van der Waals surface area contributed by atoms with Gasteiger partial charge in [-0.2, -0.15) is 0 Å². The molecule has 1 aromatic heterocycles. The molecule has 0 bridgehead atoms. The van der Waals surface area contributed by atoms with E-state index >= 15 is 0 Å². The zero-order valence-corrected chi connectivity index (χ0v) is 18.5. The maximum absolute atomic E-state index is 12.7. The van der Waals surface area contributed by atoms with Crippen molar-refractivity contribution in [2.24, 2.45) is 7.05 Å². The molecule has 0 fully saturated rings. The number of nitrogens with zero attached hydrogens (tertiary/aromatic N) is 4. The highest BCUT2D eigenvalue weighted by Crippen LogP contribution is 2.34. The minimum Gasteiger partial charge on any atom is -0.489 e. The van der Waals surface area contributed by atoms with E-state index < -0.39 is 5.60 Å². The molecule has 4 rings (SSSR count). The van der Waals surface area contributed by atoms with Gasteiger partial charge in [0.25, 0.3) is 0 Å². The Hall–Kier alpha value is -3.35. The van der Waals surface area contributed by atoms with Crippen molar-refractivity contribution < 1.29 is 14.3 Å². The normalized spacial score (nSPS) is 13.6. The van der Waals surface area contributed by atoms with Crippen molar-refractivity contribution in [3.8, 4) is 17.0 Å². The predicted molar refractivity (Wildman–Crippen MR) is 118 cm³/mol. The Morgan fingerprint density at radius 3 is 2.61 bits per heavy atom. The van der Waals surface area contributed by atoms with Crippen molar-refractivity contribution in [2.45, 2.75) is 45.9 Å². The monoisotopic (exact) mass is 420 g/mol. The lowest BCUT2D eigenvalue weighted by molar-refractivity contribution is 0.0222. The number of fused-ring (bicyclic) bond motifs is 1. The van der Waals surface area contributed by atoms with E-state index in [4.69, 9.17) is 9.47 Å². The van der Waals surface area contributed by atoms with E-state index in [9.17, 15) is 4.79 Å². The number of benzene rings is 2. The van der Waals surface area contributed by atoms with Gasteiger partial charge in [-0.05, 0) is 50.5 Å². The molecule has 0 aliphatic carbocycles. The number of carbonyl (C=O) groups excluding carboxylic acids is 1. The quantitative estimate of drug-likeness (QED) is 0.627. The second-order valence-electron chi connectivity index (χ2n) is 8.78. The Morgan fingerprint density at radius 2 is 1.94 bits per heavy atom. The van der Waals surface area contributed by atoms with E-state index in [2.05, 4.69) is 16.4 Å². The van der Waals surface area contributed by atoms with E-state index in [1.165, 1.54) is 5.56 Å². The summed E-state index contributed by atoms with van der Waals surface area (Å²) in [5.74, 6) is 0.769. The molecular formula is C24H28N4O3. The number of carbonyl (C=O) groups is 1. The maximum Gasteiger partial charge on any atom is 0.410 e. The fourth-order valence-corrected chi connectivity index (χ4v) is 3.68. The first-order chi connectivity index (χ1) is 14.8. The number of hydrogen-bond donors (Lipinski definition) is 0. The molecule has 2 aromatic carbocycles. The first kappa shape index (κ1) is 20.9. The fraction of sp³-hybridized carbons (Fsp3) is 0.375. The minimum atomic E-state index is -0.527. The summed E-state index contributed by atoms with van der Waals surface area (Å²) in [6.07, 6.45) is 2.18. The van der Waals surface area contributed by atoms with Crippen LogP contribution in [0.15, 0.2) is 48.7 Å². The molecule has 0 saturated heterocycles. The summed E-state index contributed by atoms with van der Waals surface area (Å²) in [5.41, 5.74) is 4.67. The van der Waals surface area contributed by atoms with Crippen molar-refractivity contribution in [1.29, 1.82) is 0 Å². The molecule has 3 aromatic rings. The molecule has 1 aliphatic rings. The highest BCUT2D eigenvalue weighted by atomic mass is 16.6. The molecule has 0 unspecified atom stereocenters. The summed E-state index contributed by atoms with van der Waals surface area (Å²) in [7, 11) is 1.87. The second-order valence-corrected chi connectivity index (χ2v) is 8.78. The van der Waals surface area contributed by atoms with Crippen LogP contribution in [0.2, 0.25) is 0 Å². The van der Waals surface area contributed by atoms with E-state index in [0.29, 0.717) is 19.7 Å². The van der Waals surface area contributed by atoms with Crippen molar-refractivity contribution in [3.63, 3.8) is 0 Å². The van der Waals surface area contributed by atoms with Gasteiger partial charge < -0.3 is 14.4 Å². The first-order valence-corrected chi connectivity index (χ1v) is 10.5. The van der Waals surface area contributed by atoms with E-state index in [1.807, 2.05) is 64.2 Å². The summed E-state index contributed by atoms with van der Waals surface area (Å²) < 4.78 is 13.6. The zero-order chi connectivity index (χ0) is 22.0. The van der Waals surface area contributed by atoms with Gasteiger partial charge in [0.2, 0.25) is 0 Å². The van der Waals surface area contributed by atoms with Crippen LogP contribution < -0.4 is 4.74 Å². The van der Waals surface area contributed by atoms with Crippen LogP contribution in [0, 0.1) is 0 Å². The Kier molecular flexibility index (Phi) is 5.67. The summed E-state index contributed by atoms with van der Waals surface area (Å²) in [5, 5.41) is 8.06. The SMILES string of the molecule is Cn1nncc1-c1cc2c(c(OCc3ccccc3)c1)CN(C(=O)OC(C)(C)C)CC2. The Balaban J connectivity index is 1.66. The van der Waals surface area contributed by atoms with Crippen molar-refractivity contribution >= 4 is 6.09 Å². The van der Waals surface area contributed by atoms with Gasteiger partial charge in [0.1, 0.15) is 18.0 Å². The summed E-state index contributed by atoms with van der Waals surface area (Å²) in [6.45, 7) is 7.15. The largest absolute Gasteiger partial charge is 0.489 e. The topological polar surface area (TPSA) is 69.5 Å². The average molecular weight is 421 g/mol. The lowest BCUT2D eigenvalue weighted by Gasteiger charge is -2.32. The van der Waals surface area contributed by atoms with Gasteiger partial charge in [0, 0.05) is 24.7 Å². The fourth-order valence-electron chi connectivity index (χ4n) is 3.68. The Labute approximate surface area is 182 Å². The van der Waals surface area contributed by atoms with Gasteiger partial charge >= 0.3 is 6.09 Å². The predicted octanol–water partition coefficient (Wildman–Crippen LogP) is 4.35. The van der Waals surface area contributed by atoms with Crippen LogP contribution in [0.25, 0.3) is 11.3 Å². The van der Waals surface area contributed by atoms with Crippen LogP contribution >= 0.6 is 0 Å². The van der Waals surface area contributed by atoms with Gasteiger partial charge in [-0.3, -0.25) is 0 Å². The Bertz CT molecular complexity index is 1070. The Morgan fingerprint density at radius 1 is 1.16 bits per heavy atom. The molecule has 162 valence electrons. The van der Waals surface area contributed by atoms with Gasteiger partial charge in [-0.15, -0.1) is 5.10 Å². The third kappa shape index (κ3) is 4.87. The third-order valence-corrected chi connectivity index (χ3v) is 5.20. The standard InChI is InChI=1S/C24H28N4O3/c1-24(2,3)31-23(29)28-11-10-18-12-19(21-14-25-26-27(21)4)13-22(20(18)15-28)30-16-17-8-6-5-7-9-17/h5-9,12-14H,10-11,15-16H2,1-4H3. The average Bonchev–Trinajstić information content (AvgIpc) is 3.17. The number of hydrogen-bond acceptors (Lipinski definition) is 5. The molecule has 0 saturated carbocycles. The number of ether oxygens (including phenoxy) is 2. The molecule has 1 aliphatic heterocycles. The van der Waals surface area contributed by atoms with Gasteiger partial charge in [0.15, 0.2) is 0 Å². The lowest BCUT2D eigenvalue weighted by atomic mass is 9.95. The first-order valence-electron chi connectivity index (χ1n) is 10.5. The smallest absolute Gasteiger partial charge is 0.410 e. The molecule has 0 N–H and O–H groups in total. The highest BCUT2D eigenvalue weighted by Gasteiger charge is 2.28. The number of aryl methyl sites for hydroxylation is 1. The van der Waals surface area contributed by atoms with Crippen LogP contribution in [-0.4, -0.2) is 38.1 Å². The molecule has 0 radical (unpaired) electrons. The van der Waals surface area contributed by atoms with Crippen molar-refractivity contribution in [2.75, 3.05) is 6.54 Å². The van der Waals surface area contributed by atoms with Crippen molar-refractivity contribution in [1.82, 2.24) is 19.9 Å². The molecule has 7 nitrogen and oxygen atoms in total. The molecule has 0 spiro atoms. The van der Waals surface area contributed by atoms with E-state index in [-0.39, 0.29) is 6.09 Å². The maximum atomic E-state index is 12.7. The van der Waals surface area contributed by atoms with E-state index in [1.54, 1.807) is 15.8 Å². The molecule has 0 atom stereocenters. The number of rotatable bonds is 4. The van der Waals surface area contributed by atoms with Gasteiger partial charge in [0.05, 0.1) is 18.4 Å². The second kappa shape index (κ2) is 8.41. The molecule has 31 heavy (non-hydrogen) atoms. The van der Waals surface area contributed by atoms with E-state index in [0.717, 1.165) is 34.6 Å². The van der Waals surface area contributed by atoms with Crippen LogP contribution in [-0.2, 0) is 31.4 Å². The molecular weight excluding hydrogens is 392 g/mol. The van der Waals surface area contributed by atoms with Crippen LogP contribution in [0.5, 0.6) is 5.75 Å². The van der Waals surface area contributed by atoms with Gasteiger partial charge in [-0.1, -0.05) is 35.5 Å². The zero-order valence-electron chi connectivity index (χ0n) is 18.5. The van der Waals surface area contributed by atoms with Crippen LogP contribution in [0.1, 0.15) is 37.5 Å². The summed E-state index contributed by atoms with van der Waals surface area (Å²) >= 11 is 0. The minimum absolute atomic E-state index is 0.299. The molecule has 7 heteroatoms. The lowest BCUT2D eigenvalue weighted by Crippen LogP contribution is -2.40. The number of aromatic nitrogens is 3. The summed E-state index contributed by atoms with van der Waals surface area (Å²) in [4.78, 5) is 14.4. The van der Waals surface area contributed by atoms with Crippen molar-refractivity contribution in [3.05, 3.63) is 65.4 Å². The number of amides is 1. The molecule has 2 heterocycles. The van der Waals surface area contributed by atoms with Crippen LogP contribution in [0.3, 0.4) is 0 Å². The highest BCUT2D eigenvalue weighted by molar-refractivity contribution is 5.70. The summed E-state index contributed by atoms with van der Waals surface area (Å²) in [6, 6.07) is 14.2. The third-order valence-electron chi connectivity index (χ3n) is 5.20. The van der Waals surface area contributed by atoms with Crippen LogP contribution in [0.4, 0.5) is 4.79 Å².